The fourth-order valence-corrected chi connectivity index (χ4v) is 1.20. The highest BCUT2D eigenvalue weighted by molar-refractivity contribution is 7.17. The van der Waals surface area contributed by atoms with E-state index in [0.29, 0.717) is 0 Å². The fraction of sp³-hybridized carbons (Fsp3) is 0.300. The Labute approximate surface area is 95.0 Å². The number of alkyl carbamates (subject to hydrolysis) is 1. The van der Waals surface area contributed by atoms with Crippen LogP contribution in [-0.4, -0.2) is 12.3 Å². The van der Waals surface area contributed by atoms with E-state index in [0.717, 1.165) is 5.56 Å². The van der Waals surface area contributed by atoms with Crippen molar-refractivity contribution in [2.75, 3.05) is 0 Å². The maximum Gasteiger partial charge on any atom is 0.409 e. The van der Waals surface area contributed by atoms with Gasteiger partial charge in [0.1, 0.15) is 12.8 Å². The van der Waals surface area contributed by atoms with Gasteiger partial charge in [-0.25, -0.2) is 9.36 Å². The van der Waals surface area contributed by atoms with E-state index in [1.165, 1.54) is 0 Å². The molecule has 0 aromatic heterocycles. The molecule has 16 heavy (non-hydrogen) atoms. The molecule has 86 valence electrons. The number of hydrogen-bond donors (Lipinski definition) is 1. The molecule has 0 saturated heterocycles. The highest BCUT2D eigenvalue weighted by Gasteiger charge is 2.08. The van der Waals surface area contributed by atoms with Crippen molar-refractivity contribution in [1.29, 1.82) is 0 Å². The van der Waals surface area contributed by atoms with Crippen LogP contribution in [0, 0.1) is 0 Å². The molecule has 1 amide bonds. The van der Waals surface area contributed by atoms with Crippen LogP contribution in [0.5, 0.6) is 0 Å². The van der Waals surface area contributed by atoms with E-state index in [4.69, 9.17) is 4.74 Å². The van der Waals surface area contributed by atoms with E-state index in [1.807, 2.05) is 30.3 Å². The molecule has 1 atom stereocenters. The number of benzene rings is 1. The maximum atomic E-state index is 11.2. The molecular weight excluding hydrogens is 229 g/mol. The van der Waals surface area contributed by atoms with Crippen molar-refractivity contribution in [2.45, 2.75) is 19.8 Å². The van der Waals surface area contributed by atoms with Gasteiger partial charge >= 0.3 is 14.8 Å². The lowest BCUT2D eigenvalue weighted by atomic mass is 10.2. The standard InChI is InChI=1S/C10H12NO4P/c1-8(15-16-13)11-10(12)14-7-9-5-3-2-4-6-9/h2-6,8H,7H2,1H3,(H,11,12)/t8-/m1/s1. The summed E-state index contributed by atoms with van der Waals surface area (Å²) in [5.74, 6) is 0. The molecule has 6 heteroatoms. The first kappa shape index (κ1) is 12.6. The lowest BCUT2D eigenvalue weighted by Gasteiger charge is -2.10. The molecule has 0 aliphatic heterocycles. The van der Waals surface area contributed by atoms with Crippen LogP contribution >= 0.6 is 8.69 Å². The van der Waals surface area contributed by atoms with Crippen LogP contribution in [0.3, 0.4) is 0 Å². The summed E-state index contributed by atoms with van der Waals surface area (Å²) in [4.78, 5) is 11.2. The number of carbonyl (C=O) groups excluding carboxylic acids is 1. The molecule has 0 aliphatic rings. The zero-order valence-corrected chi connectivity index (χ0v) is 9.65. The highest BCUT2D eigenvalue weighted by Crippen LogP contribution is 2.02. The summed E-state index contributed by atoms with van der Waals surface area (Å²) >= 11 is 0. The van der Waals surface area contributed by atoms with Crippen molar-refractivity contribution < 1.29 is 18.6 Å². The van der Waals surface area contributed by atoms with E-state index >= 15 is 0 Å². The van der Waals surface area contributed by atoms with Crippen LogP contribution in [-0.2, 0) is 20.4 Å². The number of amides is 1. The summed E-state index contributed by atoms with van der Waals surface area (Å²) in [6, 6.07) is 9.30. The summed E-state index contributed by atoms with van der Waals surface area (Å²) in [5.41, 5.74) is 0.896. The molecule has 0 radical (unpaired) electrons. The Balaban J connectivity index is 2.28. The molecule has 0 saturated carbocycles. The Kier molecular flexibility index (Phi) is 5.46. The highest BCUT2D eigenvalue weighted by atomic mass is 31.1. The van der Waals surface area contributed by atoms with Crippen molar-refractivity contribution in [2.24, 2.45) is 0 Å². The molecule has 0 fully saturated rings. The molecule has 0 heterocycles. The molecule has 1 N–H and O–H groups in total. The maximum absolute atomic E-state index is 11.2. The van der Waals surface area contributed by atoms with Gasteiger partial charge in [-0.05, 0) is 12.5 Å². The van der Waals surface area contributed by atoms with Gasteiger partial charge in [0, 0.05) is 0 Å². The van der Waals surface area contributed by atoms with Crippen LogP contribution in [0.4, 0.5) is 4.79 Å². The van der Waals surface area contributed by atoms with Crippen LogP contribution in [0.1, 0.15) is 12.5 Å². The van der Waals surface area contributed by atoms with Gasteiger partial charge in [0.25, 0.3) is 0 Å². The largest absolute Gasteiger partial charge is 0.445 e. The monoisotopic (exact) mass is 241 g/mol. The van der Waals surface area contributed by atoms with Crippen LogP contribution in [0.25, 0.3) is 0 Å². The molecular formula is C10H12NO4P. The summed E-state index contributed by atoms with van der Waals surface area (Å²) in [6.45, 7) is 1.74. The Bertz CT molecular complexity index is 344. The average molecular weight is 241 g/mol. The summed E-state index contributed by atoms with van der Waals surface area (Å²) in [5, 5.41) is 2.36. The van der Waals surface area contributed by atoms with Gasteiger partial charge in [-0.15, -0.1) is 0 Å². The fourth-order valence-electron chi connectivity index (χ4n) is 1.02. The first-order valence-corrected chi connectivity index (χ1v) is 5.41. The quantitative estimate of drug-likeness (QED) is 0.635. The number of carbonyl (C=O) groups is 1. The van der Waals surface area contributed by atoms with Crippen molar-refractivity contribution in [3.8, 4) is 0 Å². The number of hydrogen-bond acceptors (Lipinski definition) is 4. The molecule has 0 aliphatic carbocycles. The Morgan fingerprint density at radius 1 is 1.44 bits per heavy atom. The summed E-state index contributed by atoms with van der Waals surface area (Å²) in [7, 11) is -0.481. The third kappa shape index (κ3) is 4.87. The van der Waals surface area contributed by atoms with Crippen LogP contribution in [0.15, 0.2) is 30.3 Å². The summed E-state index contributed by atoms with van der Waals surface area (Å²) in [6.07, 6.45) is -1.26. The zero-order valence-electron chi connectivity index (χ0n) is 8.75. The summed E-state index contributed by atoms with van der Waals surface area (Å²) < 4.78 is 19.5. The van der Waals surface area contributed by atoms with Gasteiger partial charge in [-0.1, -0.05) is 30.3 Å². The third-order valence-electron chi connectivity index (χ3n) is 1.74. The second-order valence-electron chi connectivity index (χ2n) is 3.03. The molecule has 0 bridgehead atoms. The second-order valence-corrected chi connectivity index (χ2v) is 3.39. The lowest BCUT2D eigenvalue weighted by Crippen LogP contribution is -2.33. The number of ether oxygens (including phenoxy) is 1. The van der Waals surface area contributed by atoms with E-state index in [1.54, 1.807) is 6.92 Å². The Morgan fingerprint density at radius 2 is 2.12 bits per heavy atom. The minimum absolute atomic E-state index is 0.189. The van der Waals surface area contributed by atoms with Gasteiger partial charge in [0.05, 0.1) is 0 Å². The SMILES string of the molecule is C[C@H](NC(=O)OCc1ccccc1)OP=O. The minimum Gasteiger partial charge on any atom is -0.445 e. The van der Waals surface area contributed by atoms with E-state index in [2.05, 4.69) is 9.84 Å². The van der Waals surface area contributed by atoms with Gasteiger partial charge in [0.2, 0.25) is 0 Å². The van der Waals surface area contributed by atoms with E-state index in [-0.39, 0.29) is 6.61 Å². The van der Waals surface area contributed by atoms with Crippen molar-refractivity contribution in [3.63, 3.8) is 0 Å². The molecule has 0 unspecified atom stereocenters. The molecule has 1 rings (SSSR count). The van der Waals surface area contributed by atoms with Gasteiger partial charge in [-0.3, -0.25) is 9.84 Å². The third-order valence-corrected chi connectivity index (χ3v) is 2.14. The van der Waals surface area contributed by atoms with Crippen molar-refractivity contribution in [3.05, 3.63) is 35.9 Å². The number of rotatable bonds is 5. The molecule has 1 aromatic carbocycles. The Morgan fingerprint density at radius 3 is 2.75 bits per heavy atom. The van der Waals surface area contributed by atoms with Crippen LogP contribution in [0.2, 0.25) is 0 Å². The topological polar surface area (TPSA) is 64.6 Å². The second kappa shape index (κ2) is 6.93. The van der Waals surface area contributed by atoms with Gasteiger partial charge in [0.15, 0.2) is 0 Å². The Hall–Kier alpha value is -1.45. The molecule has 0 spiro atoms. The average Bonchev–Trinajstić information content (AvgIpc) is 2.28. The van der Waals surface area contributed by atoms with Crippen LogP contribution < -0.4 is 5.32 Å². The first-order chi connectivity index (χ1) is 7.72. The normalized spacial score (nSPS) is 12.1. The minimum atomic E-state index is -0.651. The first-order valence-electron chi connectivity index (χ1n) is 4.68. The lowest BCUT2D eigenvalue weighted by molar-refractivity contribution is 0.115. The van der Waals surface area contributed by atoms with Crippen molar-refractivity contribution >= 4 is 14.8 Å². The molecule has 1 aromatic rings. The predicted molar refractivity (Wildman–Crippen MR) is 57.9 cm³/mol. The van der Waals surface area contributed by atoms with Crippen molar-refractivity contribution in [1.82, 2.24) is 5.32 Å². The number of nitrogens with one attached hydrogen (secondary N) is 1. The smallest absolute Gasteiger partial charge is 0.409 e. The van der Waals surface area contributed by atoms with Gasteiger partial charge < -0.3 is 4.74 Å². The van der Waals surface area contributed by atoms with Gasteiger partial charge in [-0.2, -0.15) is 0 Å². The van der Waals surface area contributed by atoms with E-state index < -0.39 is 21.0 Å². The zero-order chi connectivity index (χ0) is 11.8. The van der Waals surface area contributed by atoms with E-state index in [9.17, 15) is 9.36 Å². The predicted octanol–water partition coefficient (Wildman–Crippen LogP) is 2.48. The molecule has 5 nitrogen and oxygen atoms in total.